The van der Waals surface area contributed by atoms with E-state index < -0.39 is 0 Å². The van der Waals surface area contributed by atoms with Crippen molar-refractivity contribution in [3.63, 3.8) is 0 Å². The van der Waals surface area contributed by atoms with Gasteiger partial charge in [0.25, 0.3) is 0 Å². The van der Waals surface area contributed by atoms with E-state index >= 15 is 0 Å². The maximum Gasteiger partial charge on any atom is 0.163 e. The largest absolute Gasteiger partial charge is 0.294 e. The summed E-state index contributed by atoms with van der Waals surface area (Å²) >= 11 is 0. The Hall–Kier alpha value is -3.98. The van der Waals surface area contributed by atoms with Crippen molar-refractivity contribution in [2.45, 2.75) is 25.9 Å². The zero-order valence-corrected chi connectivity index (χ0v) is 18.7. The molecule has 0 N–H and O–H groups in total. The molecule has 3 heteroatoms. The van der Waals surface area contributed by atoms with Crippen LogP contribution in [-0.2, 0) is 13.1 Å². The van der Waals surface area contributed by atoms with Crippen molar-refractivity contribution in [2.24, 2.45) is 5.10 Å². The maximum atomic E-state index is 12.8. The number of hydrogen-bond donors (Lipinski definition) is 0. The van der Waals surface area contributed by atoms with Gasteiger partial charge in [0.1, 0.15) is 0 Å². The fourth-order valence-electron chi connectivity index (χ4n) is 3.77. The lowest BCUT2D eigenvalue weighted by Crippen LogP contribution is -2.20. The molecule has 0 unspecified atom stereocenters. The molecule has 4 aromatic rings. The molecule has 4 rings (SSSR count). The van der Waals surface area contributed by atoms with Crippen LogP contribution in [-0.4, -0.2) is 16.5 Å². The van der Waals surface area contributed by atoms with Crippen molar-refractivity contribution in [1.82, 2.24) is 5.01 Å². The molecule has 0 fully saturated rings. The number of Topliss-reactive ketones (excluding diaryl/α,β-unsaturated/α-hetero) is 1. The van der Waals surface area contributed by atoms with E-state index in [4.69, 9.17) is 5.10 Å². The van der Waals surface area contributed by atoms with Gasteiger partial charge in [-0.1, -0.05) is 121 Å². The van der Waals surface area contributed by atoms with Crippen LogP contribution in [0.5, 0.6) is 0 Å². The van der Waals surface area contributed by atoms with Gasteiger partial charge in [-0.05, 0) is 23.1 Å². The van der Waals surface area contributed by atoms with Gasteiger partial charge in [0.05, 0.1) is 18.8 Å². The van der Waals surface area contributed by atoms with Crippen LogP contribution in [0.25, 0.3) is 0 Å². The molecule has 164 valence electrons. The molecule has 0 aliphatic carbocycles. The number of carbonyl (C=O) groups excluding carboxylic acids is 1. The minimum absolute atomic E-state index is 0.136. The van der Waals surface area contributed by atoms with Crippen molar-refractivity contribution < 1.29 is 4.79 Å². The normalized spacial score (nSPS) is 11.2. The highest BCUT2D eigenvalue weighted by atomic mass is 16.1. The van der Waals surface area contributed by atoms with Gasteiger partial charge in [-0.25, -0.2) is 0 Å². The molecule has 0 spiro atoms. The van der Waals surface area contributed by atoms with Gasteiger partial charge < -0.3 is 0 Å². The Bertz CT molecular complexity index is 1120. The number of rotatable bonds is 10. The fourth-order valence-corrected chi connectivity index (χ4v) is 3.77. The Morgan fingerprint density at radius 3 is 1.45 bits per heavy atom. The Morgan fingerprint density at radius 1 is 0.545 bits per heavy atom. The van der Waals surface area contributed by atoms with Crippen molar-refractivity contribution in [3.05, 3.63) is 144 Å². The summed E-state index contributed by atoms with van der Waals surface area (Å²) in [6.07, 6.45) is 1.00. The van der Waals surface area contributed by atoms with Gasteiger partial charge in [-0.3, -0.25) is 9.80 Å². The molecule has 0 aliphatic heterocycles. The third kappa shape index (κ3) is 6.75. The monoisotopic (exact) mass is 432 g/mol. The fraction of sp³-hybridized carbons (Fsp3) is 0.133. The van der Waals surface area contributed by atoms with Crippen LogP contribution in [0.4, 0.5) is 0 Å². The molecule has 0 heterocycles. The van der Waals surface area contributed by atoms with E-state index in [-0.39, 0.29) is 5.78 Å². The average molecular weight is 433 g/mol. The Balaban J connectivity index is 1.61. The van der Waals surface area contributed by atoms with Crippen LogP contribution < -0.4 is 0 Å². The molecule has 0 bridgehead atoms. The molecule has 0 aromatic heterocycles. The number of nitrogens with zero attached hydrogens (tertiary/aromatic N) is 2. The predicted octanol–water partition coefficient (Wildman–Crippen LogP) is 6.76. The van der Waals surface area contributed by atoms with E-state index in [2.05, 4.69) is 65.7 Å². The van der Waals surface area contributed by atoms with Gasteiger partial charge >= 0.3 is 0 Å². The van der Waals surface area contributed by atoms with E-state index in [0.717, 1.165) is 16.8 Å². The Morgan fingerprint density at radius 2 is 0.970 bits per heavy atom. The van der Waals surface area contributed by atoms with Crippen LogP contribution in [0.1, 0.15) is 39.9 Å². The minimum atomic E-state index is 0.136. The molecule has 0 atom stereocenters. The van der Waals surface area contributed by atoms with Crippen molar-refractivity contribution in [1.29, 1.82) is 0 Å². The molecule has 0 saturated heterocycles. The minimum Gasteiger partial charge on any atom is -0.294 e. The summed E-state index contributed by atoms with van der Waals surface area (Å²) in [5.41, 5.74) is 5.11. The van der Waals surface area contributed by atoms with Gasteiger partial charge in [0, 0.05) is 12.0 Å². The third-order valence-corrected chi connectivity index (χ3v) is 5.47. The van der Waals surface area contributed by atoms with Crippen LogP contribution >= 0.6 is 0 Å². The molecule has 4 aromatic carbocycles. The molecule has 3 nitrogen and oxygen atoms in total. The quantitative estimate of drug-likeness (QED) is 0.158. The second-order valence-corrected chi connectivity index (χ2v) is 8.00. The first-order chi connectivity index (χ1) is 16.3. The lowest BCUT2D eigenvalue weighted by Gasteiger charge is -2.22. The van der Waals surface area contributed by atoms with Crippen molar-refractivity contribution in [2.75, 3.05) is 0 Å². The van der Waals surface area contributed by atoms with Crippen LogP contribution in [0, 0.1) is 0 Å². The molecule has 0 amide bonds. The maximum absolute atomic E-state index is 12.8. The number of ketones is 1. The topological polar surface area (TPSA) is 32.7 Å². The summed E-state index contributed by atoms with van der Waals surface area (Å²) in [4.78, 5) is 12.8. The molecule has 0 aliphatic rings. The average Bonchev–Trinajstić information content (AvgIpc) is 2.88. The highest BCUT2D eigenvalue weighted by Crippen LogP contribution is 2.16. The Kier molecular flexibility index (Phi) is 7.80. The third-order valence-electron chi connectivity index (χ3n) is 5.47. The summed E-state index contributed by atoms with van der Waals surface area (Å²) < 4.78 is 0. The first kappa shape index (κ1) is 22.2. The standard InChI is InChI=1S/C30H28N2O/c33-30(28-19-11-4-12-20-28)22-21-29(27-17-9-3-10-18-27)31-32(23-25-13-5-1-6-14-25)24-26-15-7-2-8-16-26/h1-20H,21-24H2/b31-29-. The Labute approximate surface area is 196 Å². The number of hydrogen-bond acceptors (Lipinski definition) is 3. The summed E-state index contributed by atoms with van der Waals surface area (Å²) in [6, 6.07) is 40.4. The predicted molar refractivity (Wildman–Crippen MR) is 135 cm³/mol. The SMILES string of the molecule is O=C(CC/C(=N/N(Cc1ccccc1)Cc1ccccc1)c1ccccc1)c1ccccc1. The van der Waals surface area contributed by atoms with Crippen LogP contribution in [0.2, 0.25) is 0 Å². The molecule has 0 saturated carbocycles. The van der Waals surface area contributed by atoms with Crippen molar-refractivity contribution >= 4 is 11.5 Å². The smallest absolute Gasteiger partial charge is 0.163 e. The van der Waals surface area contributed by atoms with Crippen LogP contribution in [0.3, 0.4) is 0 Å². The highest BCUT2D eigenvalue weighted by molar-refractivity contribution is 6.04. The summed E-state index contributed by atoms with van der Waals surface area (Å²) in [6.45, 7) is 1.39. The summed E-state index contributed by atoms with van der Waals surface area (Å²) in [7, 11) is 0. The van der Waals surface area contributed by atoms with Crippen LogP contribution in [0.15, 0.2) is 126 Å². The first-order valence-electron chi connectivity index (χ1n) is 11.3. The number of carbonyl (C=O) groups is 1. The number of hydrazone groups is 1. The summed E-state index contributed by atoms with van der Waals surface area (Å²) in [5.74, 6) is 0.136. The zero-order chi connectivity index (χ0) is 22.7. The molecule has 33 heavy (non-hydrogen) atoms. The van der Waals surface area contributed by atoms with E-state index in [1.54, 1.807) is 0 Å². The van der Waals surface area contributed by atoms with Gasteiger partial charge in [0.15, 0.2) is 5.78 Å². The first-order valence-corrected chi connectivity index (χ1v) is 11.3. The second-order valence-electron chi connectivity index (χ2n) is 8.00. The van der Waals surface area contributed by atoms with E-state index in [9.17, 15) is 4.79 Å². The second kappa shape index (κ2) is 11.6. The molecule has 0 radical (unpaired) electrons. The lowest BCUT2D eigenvalue weighted by molar-refractivity contribution is 0.0984. The lowest BCUT2D eigenvalue weighted by atomic mass is 10.0. The van der Waals surface area contributed by atoms with E-state index in [0.29, 0.717) is 25.9 Å². The van der Waals surface area contributed by atoms with E-state index in [1.807, 2.05) is 60.7 Å². The zero-order valence-electron chi connectivity index (χ0n) is 18.7. The van der Waals surface area contributed by atoms with E-state index in [1.165, 1.54) is 11.1 Å². The van der Waals surface area contributed by atoms with Gasteiger partial charge in [-0.15, -0.1) is 0 Å². The van der Waals surface area contributed by atoms with Gasteiger partial charge in [0.2, 0.25) is 0 Å². The van der Waals surface area contributed by atoms with Crippen molar-refractivity contribution in [3.8, 4) is 0 Å². The summed E-state index contributed by atoms with van der Waals surface area (Å²) in [5, 5.41) is 7.20. The highest BCUT2D eigenvalue weighted by Gasteiger charge is 2.13. The number of benzene rings is 4. The molecular formula is C30H28N2O. The molecular weight excluding hydrogens is 404 g/mol. The van der Waals surface area contributed by atoms with Gasteiger partial charge in [-0.2, -0.15) is 5.10 Å².